The maximum Gasteiger partial charge on any atom is 0.217 e. The zero-order valence-corrected chi connectivity index (χ0v) is 8.31. The van der Waals surface area contributed by atoms with Crippen LogP contribution in [0, 0.1) is 0 Å². The molecule has 5 N–H and O–H groups in total. The molecule has 82 valence electrons. The van der Waals surface area contributed by atoms with Crippen LogP contribution in [0.2, 0.25) is 0 Å². The van der Waals surface area contributed by atoms with Gasteiger partial charge in [-0.3, -0.25) is 4.79 Å². The molecule has 0 aromatic carbocycles. The summed E-state index contributed by atoms with van der Waals surface area (Å²) in [7, 11) is 0. The minimum atomic E-state index is -1.37. The maximum atomic E-state index is 10.7. The second kappa shape index (κ2) is 4.45. The lowest BCUT2D eigenvalue weighted by molar-refractivity contribution is -0.124. The Kier molecular flexibility index (Phi) is 3.73. The number of amides is 1. The molecule has 1 unspecified atom stereocenters. The third-order valence-corrected chi connectivity index (χ3v) is 3.10. The van der Waals surface area contributed by atoms with Crippen molar-refractivity contribution in [1.29, 1.82) is 0 Å². The fourth-order valence-electron chi connectivity index (χ4n) is 1.25. The van der Waals surface area contributed by atoms with Gasteiger partial charge in [-0.05, 0) is 0 Å². The monoisotopic (exact) mass is 223 g/mol. The number of aliphatic hydroxyl groups excluding tert-OH is 4. The van der Waals surface area contributed by atoms with Crippen molar-refractivity contribution in [2.45, 2.75) is 36.0 Å². The van der Waals surface area contributed by atoms with Crippen molar-refractivity contribution in [3.05, 3.63) is 0 Å². The molecule has 1 aliphatic rings. The van der Waals surface area contributed by atoms with E-state index in [0.29, 0.717) is 11.8 Å². The summed E-state index contributed by atoms with van der Waals surface area (Å²) >= 11 is 0.690. The van der Waals surface area contributed by atoms with E-state index in [1.54, 1.807) is 0 Å². The molecule has 1 fully saturated rings. The third kappa shape index (κ3) is 2.37. The first kappa shape index (κ1) is 11.7. The average Bonchev–Trinajstić information content (AvgIpc) is 2.09. The minimum Gasteiger partial charge on any atom is -0.388 e. The quantitative estimate of drug-likeness (QED) is 0.339. The van der Waals surface area contributed by atoms with Crippen LogP contribution >= 0.6 is 11.8 Å². The summed E-state index contributed by atoms with van der Waals surface area (Å²) in [5, 5.41) is 39.5. The molecule has 0 radical (unpaired) electrons. The smallest absolute Gasteiger partial charge is 0.217 e. The van der Waals surface area contributed by atoms with Gasteiger partial charge in [0.1, 0.15) is 23.1 Å². The SMILES string of the molecule is CC(=O)N[C@H]1C(O)S[C@H](O)[C@@H](O)[C@@H]1O. The summed E-state index contributed by atoms with van der Waals surface area (Å²) in [6.45, 7) is 1.24. The summed E-state index contributed by atoms with van der Waals surface area (Å²) in [6, 6.07) is -0.962. The van der Waals surface area contributed by atoms with Gasteiger partial charge >= 0.3 is 0 Å². The number of carbonyl (C=O) groups is 1. The van der Waals surface area contributed by atoms with Crippen LogP contribution in [0.25, 0.3) is 0 Å². The lowest BCUT2D eigenvalue weighted by Crippen LogP contribution is -2.59. The van der Waals surface area contributed by atoms with E-state index in [-0.39, 0.29) is 0 Å². The molecule has 1 aliphatic heterocycles. The molecule has 5 atom stereocenters. The van der Waals surface area contributed by atoms with Crippen LogP contribution in [-0.4, -0.2) is 55.5 Å². The Morgan fingerprint density at radius 2 is 1.71 bits per heavy atom. The molecule has 0 aliphatic carbocycles. The van der Waals surface area contributed by atoms with Crippen LogP contribution in [0.1, 0.15) is 6.92 Å². The highest BCUT2D eigenvalue weighted by molar-refractivity contribution is 8.00. The number of hydrogen-bond acceptors (Lipinski definition) is 6. The van der Waals surface area contributed by atoms with Crippen molar-refractivity contribution in [1.82, 2.24) is 5.32 Å². The van der Waals surface area contributed by atoms with Crippen LogP contribution < -0.4 is 5.32 Å². The summed E-state index contributed by atoms with van der Waals surface area (Å²) in [5.74, 6) is -0.419. The van der Waals surface area contributed by atoms with Gasteiger partial charge in [-0.25, -0.2) is 0 Å². The van der Waals surface area contributed by atoms with E-state index in [2.05, 4.69) is 5.32 Å². The standard InChI is InChI=1S/C7H13NO5S/c1-2(9)8-3-4(10)5(11)7(13)14-6(3)12/h3-7,10-13H,1H3,(H,8,9)/t3-,4-,5+,6?,7+/m1/s1. The predicted molar refractivity (Wildman–Crippen MR) is 49.2 cm³/mol. The molecule has 6 nitrogen and oxygen atoms in total. The maximum absolute atomic E-state index is 10.7. The van der Waals surface area contributed by atoms with E-state index in [4.69, 9.17) is 5.11 Å². The normalized spacial score (nSPS) is 43.4. The van der Waals surface area contributed by atoms with Gasteiger partial charge in [-0.2, -0.15) is 0 Å². The summed E-state index contributed by atoms with van der Waals surface area (Å²) in [4.78, 5) is 10.7. The molecule has 14 heavy (non-hydrogen) atoms. The van der Waals surface area contributed by atoms with Gasteiger partial charge in [0.25, 0.3) is 0 Å². The predicted octanol–water partition coefficient (Wildman–Crippen LogP) is -2.40. The Labute approximate surface area is 84.9 Å². The van der Waals surface area contributed by atoms with Gasteiger partial charge < -0.3 is 25.7 Å². The van der Waals surface area contributed by atoms with Gasteiger partial charge in [-0.15, -0.1) is 0 Å². The molecular formula is C7H13NO5S. The van der Waals surface area contributed by atoms with Crippen molar-refractivity contribution in [3.63, 3.8) is 0 Å². The highest BCUT2D eigenvalue weighted by Crippen LogP contribution is 2.29. The number of rotatable bonds is 1. The van der Waals surface area contributed by atoms with Crippen LogP contribution in [0.5, 0.6) is 0 Å². The summed E-state index contributed by atoms with van der Waals surface area (Å²) in [5.41, 5.74) is -2.38. The van der Waals surface area contributed by atoms with Crippen molar-refractivity contribution < 1.29 is 25.2 Å². The fraction of sp³-hybridized carbons (Fsp3) is 0.857. The summed E-state index contributed by atoms with van der Waals surface area (Å²) in [6.07, 6.45) is -2.74. The Balaban J connectivity index is 2.68. The first-order valence-corrected chi connectivity index (χ1v) is 5.02. The Bertz CT molecular complexity index is 226. The van der Waals surface area contributed by atoms with Crippen LogP contribution in [0.4, 0.5) is 0 Å². The second-order valence-electron chi connectivity index (χ2n) is 3.12. The Morgan fingerprint density at radius 1 is 1.14 bits per heavy atom. The van der Waals surface area contributed by atoms with E-state index in [0.717, 1.165) is 0 Å². The number of nitrogens with one attached hydrogen (secondary N) is 1. The number of aliphatic hydroxyl groups is 4. The summed E-state index contributed by atoms with van der Waals surface area (Å²) < 4.78 is 0. The van der Waals surface area contributed by atoms with Crippen molar-refractivity contribution in [3.8, 4) is 0 Å². The lowest BCUT2D eigenvalue weighted by Gasteiger charge is -2.38. The highest BCUT2D eigenvalue weighted by atomic mass is 32.2. The van der Waals surface area contributed by atoms with Gasteiger partial charge in [0.05, 0.1) is 6.04 Å². The molecule has 1 amide bonds. The highest BCUT2D eigenvalue weighted by Gasteiger charge is 2.43. The van der Waals surface area contributed by atoms with Gasteiger partial charge in [-0.1, -0.05) is 11.8 Å². The van der Waals surface area contributed by atoms with Gasteiger partial charge in [0.15, 0.2) is 0 Å². The molecule has 1 rings (SSSR count). The number of thioether (sulfide) groups is 1. The fourth-order valence-corrected chi connectivity index (χ4v) is 2.26. The molecule has 0 saturated carbocycles. The van der Waals surface area contributed by atoms with Crippen molar-refractivity contribution >= 4 is 17.7 Å². The van der Waals surface area contributed by atoms with Crippen LogP contribution in [-0.2, 0) is 4.79 Å². The second-order valence-corrected chi connectivity index (χ2v) is 4.36. The van der Waals surface area contributed by atoms with Crippen molar-refractivity contribution in [2.75, 3.05) is 0 Å². The van der Waals surface area contributed by atoms with E-state index in [1.165, 1.54) is 6.92 Å². The number of carbonyl (C=O) groups excluding carboxylic acids is 1. The Morgan fingerprint density at radius 3 is 2.21 bits per heavy atom. The minimum absolute atomic E-state index is 0.419. The van der Waals surface area contributed by atoms with E-state index >= 15 is 0 Å². The molecule has 7 heteroatoms. The molecule has 1 saturated heterocycles. The van der Waals surface area contributed by atoms with Crippen LogP contribution in [0.15, 0.2) is 0 Å². The van der Waals surface area contributed by atoms with Gasteiger partial charge in [0.2, 0.25) is 5.91 Å². The largest absolute Gasteiger partial charge is 0.388 e. The molecular weight excluding hydrogens is 210 g/mol. The molecule has 0 spiro atoms. The number of hydrogen-bond donors (Lipinski definition) is 5. The topological polar surface area (TPSA) is 110 Å². The van der Waals surface area contributed by atoms with E-state index in [1.807, 2.05) is 0 Å². The lowest BCUT2D eigenvalue weighted by atomic mass is 10.1. The van der Waals surface area contributed by atoms with Crippen molar-refractivity contribution in [2.24, 2.45) is 0 Å². The van der Waals surface area contributed by atoms with Crippen LogP contribution in [0.3, 0.4) is 0 Å². The zero-order valence-electron chi connectivity index (χ0n) is 7.49. The first-order chi connectivity index (χ1) is 6.43. The molecule has 0 bridgehead atoms. The average molecular weight is 223 g/mol. The Hall–Kier alpha value is -0.340. The molecule has 0 aromatic heterocycles. The zero-order chi connectivity index (χ0) is 10.9. The van der Waals surface area contributed by atoms with E-state index < -0.39 is 35.0 Å². The van der Waals surface area contributed by atoms with Gasteiger partial charge in [0, 0.05) is 6.92 Å². The third-order valence-electron chi connectivity index (χ3n) is 1.97. The van der Waals surface area contributed by atoms with E-state index in [9.17, 15) is 20.1 Å². The molecule has 0 aromatic rings. The first-order valence-electron chi connectivity index (χ1n) is 4.08. The molecule has 1 heterocycles.